The maximum atomic E-state index is 11.7. The van der Waals surface area contributed by atoms with E-state index in [4.69, 9.17) is 0 Å². The molecule has 0 bridgehead atoms. The Morgan fingerprint density at radius 3 is 2.50 bits per heavy atom. The number of halogens is 1. The number of rotatable bonds is 1. The molecule has 1 amide bonds. The molecule has 46 valence electrons. The molecule has 8 heavy (non-hydrogen) atoms. The fourth-order valence-corrected chi connectivity index (χ4v) is 0.349. The highest BCUT2D eigenvalue weighted by atomic mass is 31.0. The van der Waals surface area contributed by atoms with Crippen LogP contribution in [0.1, 0.15) is 0 Å². The van der Waals surface area contributed by atoms with Crippen LogP contribution in [0.3, 0.4) is 0 Å². The maximum Gasteiger partial charge on any atom is 0.246 e. The van der Waals surface area contributed by atoms with E-state index in [-0.39, 0.29) is 0 Å². The molecule has 0 radical (unpaired) electrons. The summed E-state index contributed by atoms with van der Waals surface area (Å²) in [5.41, 5.74) is -0.565. The molecule has 0 aliphatic rings. The van der Waals surface area contributed by atoms with Gasteiger partial charge in [-0.05, 0) is 0 Å². The topological polar surface area (TPSA) is 29.1 Å². The van der Waals surface area contributed by atoms with Crippen molar-refractivity contribution < 1.29 is 9.18 Å². The number of carbonyl (C=O) groups excluding carboxylic acids is 1. The first kappa shape index (κ1) is 7.57. The van der Waals surface area contributed by atoms with Gasteiger partial charge in [0.25, 0.3) is 0 Å². The van der Waals surface area contributed by atoms with Gasteiger partial charge in [-0.25, -0.2) is 4.39 Å². The van der Waals surface area contributed by atoms with Gasteiger partial charge in [0, 0.05) is 13.1 Å². The summed E-state index contributed by atoms with van der Waals surface area (Å²) in [6, 6.07) is 0. The van der Waals surface area contributed by atoms with Crippen LogP contribution in [0.5, 0.6) is 0 Å². The van der Waals surface area contributed by atoms with Crippen molar-refractivity contribution in [2.75, 3.05) is 7.05 Å². The molecule has 0 rings (SSSR count). The monoisotopic (exact) mass is 135 g/mol. The van der Waals surface area contributed by atoms with Crippen LogP contribution in [0.15, 0.2) is 11.6 Å². The summed E-state index contributed by atoms with van der Waals surface area (Å²) in [6.45, 7) is 0. The van der Waals surface area contributed by atoms with Gasteiger partial charge < -0.3 is 5.32 Å². The molecule has 0 aromatic carbocycles. The van der Waals surface area contributed by atoms with Crippen molar-refractivity contribution in [1.82, 2.24) is 5.32 Å². The Morgan fingerprint density at radius 2 is 2.38 bits per heavy atom. The lowest BCUT2D eigenvalue weighted by Gasteiger charge is -1.86. The summed E-state index contributed by atoms with van der Waals surface area (Å²) in [4.78, 5) is 10.2. The molecule has 0 heterocycles. The lowest BCUT2D eigenvalue weighted by Crippen LogP contribution is -2.14. The smallest absolute Gasteiger partial charge is 0.246 e. The minimum atomic E-state index is -0.565. The van der Waals surface area contributed by atoms with Crippen LogP contribution in [-0.4, -0.2) is 13.0 Å². The van der Waals surface area contributed by atoms with Crippen LogP contribution in [0.4, 0.5) is 4.39 Å². The Labute approximate surface area is 49.4 Å². The van der Waals surface area contributed by atoms with Crippen molar-refractivity contribution in [2.45, 2.75) is 0 Å². The average Bonchev–Trinajstić information content (AvgIpc) is 1.65. The van der Waals surface area contributed by atoms with Crippen molar-refractivity contribution in [3.8, 4) is 0 Å². The third-order valence-corrected chi connectivity index (χ3v) is 0.682. The van der Waals surface area contributed by atoms with E-state index in [9.17, 15) is 9.18 Å². The van der Waals surface area contributed by atoms with Gasteiger partial charge in [0.05, 0.1) is 0 Å². The molecule has 0 aliphatic heterocycles. The first-order valence-corrected chi connectivity index (χ1v) is 2.59. The summed E-state index contributed by atoms with van der Waals surface area (Å²) < 4.78 is 11.7. The van der Waals surface area contributed by atoms with E-state index in [1.807, 2.05) is 0 Å². The number of nitrogens with one attached hydrogen (secondary N) is 1. The fourth-order valence-electron chi connectivity index (χ4n) is 0.197. The normalized spacial score (nSPS) is 11.1. The summed E-state index contributed by atoms with van der Waals surface area (Å²) in [6.07, 6.45) is 0.852. The van der Waals surface area contributed by atoms with Gasteiger partial charge in [-0.2, -0.15) is 0 Å². The van der Waals surface area contributed by atoms with Crippen molar-refractivity contribution in [1.29, 1.82) is 0 Å². The zero-order valence-corrected chi connectivity index (χ0v) is 5.60. The quantitative estimate of drug-likeness (QED) is 0.409. The zero-order valence-electron chi connectivity index (χ0n) is 4.44. The molecule has 0 saturated carbocycles. The van der Waals surface area contributed by atoms with Gasteiger partial charge in [-0.1, -0.05) is 9.24 Å². The first-order chi connectivity index (χ1) is 3.66. The predicted molar refractivity (Wildman–Crippen MR) is 33.0 cm³/mol. The average molecular weight is 135 g/mol. The third kappa shape index (κ3) is 3.75. The second kappa shape index (κ2) is 3.56. The Bertz CT molecular complexity index is 119. The van der Waals surface area contributed by atoms with Crippen LogP contribution in [0, 0.1) is 0 Å². The summed E-state index contributed by atoms with van der Waals surface area (Å²) in [5, 5.41) is 2.23. The van der Waals surface area contributed by atoms with Crippen molar-refractivity contribution >= 4 is 15.1 Å². The highest BCUT2D eigenvalue weighted by Gasteiger charge is 1.89. The Balaban J connectivity index is 3.70. The highest BCUT2D eigenvalue weighted by molar-refractivity contribution is 7.22. The largest absolute Gasteiger partial charge is 0.356 e. The zero-order chi connectivity index (χ0) is 6.57. The molecule has 1 atom stereocenters. The van der Waals surface area contributed by atoms with E-state index in [0.29, 0.717) is 0 Å². The Morgan fingerprint density at radius 1 is 1.88 bits per heavy atom. The van der Waals surface area contributed by atoms with Gasteiger partial charge >= 0.3 is 0 Å². The fraction of sp³-hybridized carbons (Fsp3) is 0.250. The van der Waals surface area contributed by atoms with E-state index in [2.05, 4.69) is 5.32 Å². The second-order valence-corrected chi connectivity index (χ2v) is 1.70. The van der Waals surface area contributed by atoms with Crippen LogP contribution in [0.2, 0.25) is 0 Å². The van der Waals surface area contributed by atoms with E-state index in [0.717, 1.165) is 6.08 Å². The molecule has 2 nitrogen and oxygen atoms in total. The molecule has 1 N–H and O–H groups in total. The molecule has 0 aliphatic carbocycles. The van der Waals surface area contributed by atoms with Crippen LogP contribution in [0.25, 0.3) is 0 Å². The Hall–Kier alpha value is -0.430. The number of carbonyl (C=O) groups is 1. The van der Waals surface area contributed by atoms with Crippen molar-refractivity contribution in [3.05, 3.63) is 11.6 Å². The number of likely N-dealkylation sites (N-methyl/N-ethyl adjacent to an activating group) is 1. The molecule has 0 aromatic rings. The molecule has 0 spiro atoms. The van der Waals surface area contributed by atoms with Crippen LogP contribution < -0.4 is 5.32 Å². The summed E-state index contributed by atoms with van der Waals surface area (Å²) in [7, 11) is 3.20. The molecule has 0 aromatic heterocycles. The van der Waals surface area contributed by atoms with E-state index < -0.39 is 11.5 Å². The highest BCUT2D eigenvalue weighted by Crippen LogP contribution is 2.03. The van der Waals surface area contributed by atoms with E-state index in [1.165, 1.54) is 7.05 Å². The second-order valence-electron chi connectivity index (χ2n) is 1.14. The molecule has 0 fully saturated rings. The van der Waals surface area contributed by atoms with Crippen LogP contribution in [-0.2, 0) is 4.79 Å². The minimum absolute atomic E-state index is 0.433. The molecular weight excluding hydrogens is 128 g/mol. The van der Waals surface area contributed by atoms with Crippen molar-refractivity contribution in [2.24, 2.45) is 0 Å². The number of amides is 1. The molecular formula is C4H7FNOP. The van der Waals surface area contributed by atoms with Gasteiger partial charge in [-0.3, -0.25) is 4.79 Å². The van der Waals surface area contributed by atoms with Crippen molar-refractivity contribution in [3.63, 3.8) is 0 Å². The van der Waals surface area contributed by atoms with Gasteiger partial charge in [0.15, 0.2) is 0 Å². The third-order valence-electron chi connectivity index (χ3n) is 0.515. The minimum Gasteiger partial charge on any atom is -0.356 e. The first-order valence-electron chi connectivity index (χ1n) is 2.01. The lowest BCUT2D eigenvalue weighted by atomic mass is 10.6. The molecule has 1 unspecified atom stereocenters. The number of hydrogen-bond donors (Lipinski definition) is 1. The summed E-state index contributed by atoms with van der Waals surface area (Å²) >= 11 is 0. The maximum absolute atomic E-state index is 11.7. The Kier molecular flexibility index (Phi) is 3.37. The van der Waals surface area contributed by atoms with Gasteiger partial charge in [0.2, 0.25) is 5.91 Å². The standard InChI is InChI=1S/C4H7FNOP/c1-6-4(7)2-3(5)8/h2H,8H2,1H3,(H,6,7)/b3-2+. The van der Waals surface area contributed by atoms with E-state index in [1.54, 1.807) is 9.24 Å². The van der Waals surface area contributed by atoms with Gasteiger partial charge in [-0.15, -0.1) is 0 Å². The van der Waals surface area contributed by atoms with Crippen LogP contribution >= 0.6 is 9.24 Å². The number of hydrogen-bond acceptors (Lipinski definition) is 1. The van der Waals surface area contributed by atoms with E-state index >= 15 is 0 Å². The molecule has 0 saturated heterocycles. The summed E-state index contributed by atoms with van der Waals surface area (Å²) in [5.74, 6) is -0.433. The lowest BCUT2D eigenvalue weighted by molar-refractivity contribution is -0.116. The predicted octanol–water partition coefficient (Wildman–Crippen LogP) is 0.418. The molecule has 4 heteroatoms. The SMILES string of the molecule is CNC(=O)/C=C(\F)P. The van der Waals surface area contributed by atoms with Gasteiger partial charge in [0.1, 0.15) is 5.57 Å².